The first-order valence-electron chi connectivity index (χ1n) is 9.15. The SMILES string of the molecule is C=C(C)[C@H]1[C@H](CCCC)OC(C)(C)n2c(=O)n(-c3ccccc3)c(=O)n21. The van der Waals surface area contributed by atoms with E-state index in [1.165, 1.54) is 9.25 Å². The summed E-state index contributed by atoms with van der Waals surface area (Å²) in [6.45, 7) is 11.7. The molecule has 3 rings (SSSR count). The smallest absolute Gasteiger partial charge is 0.348 e. The molecule has 2 atom stereocenters. The molecule has 6 nitrogen and oxygen atoms in total. The molecule has 0 radical (unpaired) electrons. The van der Waals surface area contributed by atoms with Crippen LogP contribution >= 0.6 is 0 Å². The summed E-state index contributed by atoms with van der Waals surface area (Å²) in [5.41, 5.74) is -0.305. The van der Waals surface area contributed by atoms with Crippen LogP contribution in [0.2, 0.25) is 0 Å². The average Bonchev–Trinajstić information content (AvgIpc) is 2.85. The molecule has 0 unspecified atom stereocenters. The number of benzene rings is 1. The highest BCUT2D eigenvalue weighted by atomic mass is 16.5. The lowest BCUT2D eigenvalue weighted by Crippen LogP contribution is -2.53. The molecule has 2 aromatic rings. The summed E-state index contributed by atoms with van der Waals surface area (Å²) in [4.78, 5) is 26.4. The maximum atomic E-state index is 13.3. The minimum Gasteiger partial charge on any atom is -0.348 e. The van der Waals surface area contributed by atoms with Gasteiger partial charge in [0, 0.05) is 0 Å². The molecule has 0 saturated carbocycles. The van der Waals surface area contributed by atoms with Gasteiger partial charge in [0.15, 0.2) is 5.72 Å². The monoisotopic (exact) mass is 357 g/mol. The van der Waals surface area contributed by atoms with E-state index in [4.69, 9.17) is 4.74 Å². The number of rotatable bonds is 5. The number of nitrogens with zero attached hydrogens (tertiary/aromatic N) is 3. The van der Waals surface area contributed by atoms with Crippen molar-refractivity contribution in [3.05, 3.63) is 63.5 Å². The van der Waals surface area contributed by atoms with Gasteiger partial charge < -0.3 is 4.74 Å². The van der Waals surface area contributed by atoms with Crippen molar-refractivity contribution in [3.63, 3.8) is 0 Å². The van der Waals surface area contributed by atoms with E-state index in [1.807, 2.05) is 39.0 Å². The van der Waals surface area contributed by atoms with Crippen molar-refractivity contribution in [2.75, 3.05) is 0 Å². The second-order valence-corrected chi connectivity index (χ2v) is 7.43. The van der Waals surface area contributed by atoms with E-state index < -0.39 is 11.4 Å². The summed E-state index contributed by atoms with van der Waals surface area (Å²) in [7, 11) is 0. The van der Waals surface area contributed by atoms with E-state index in [-0.39, 0.29) is 17.8 Å². The third-order valence-electron chi connectivity index (χ3n) is 4.90. The molecule has 2 heterocycles. The van der Waals surface area contributed by atoms with E-state index >= 15 is 0 Å². The van der Waals surface area contributed by atoms with Gasteiger partial charge >= 0.3 is 11.4 Å². The van der Waals surface area contributed by atoms with Gasteiger partial charge in [-0.2, -0.15) is 4.68 Å². The summed E-state index contributed by atoms with van der Waals surface area (Å²) in [6.07, 6.45) is 2.65. The number of ether oxygens (including phenoxy) is 1. The van der Waals surface area contributed by atoms with E-state index in [1.54, 1.807) is 16.8 Å². The number of aromatic nitrogens is 3. The van der Waals surface area contributed by atoms with Gasteiger partial charge in [0.1, 0.15) is 6.04 Å². The summed E-state index contributed by atoms with van der Waals surface area (Å²) in [5, 5.41) is 0. The van der Waals surface area contributed by atoms with Gasteiger partial charge in [0.25, 0.3) is 0 Å². The normalized spacial score (nSPS) is 21.4. The highest BCUT2D eigenvalue weighted by Crippen LogP contribution is 2.35. The van der Waals surface area contributed by atoms with Gasteiger partial charge in [-0.3, -0.25) is 0 Å². The van der Waals surface area contributed by atoms with E-state index in [0.29, 0.717) is 5.69 Å². The predicted octanol–water partition coefficient (Wildman–Crippen LogP) is 3.20. The fourth-order valence-corrected chi connectivity index (χ4v) is 3.78. The molecule has 140 valence electrons. The molecular weight excluding hydrogens is 330 g/mol. The van der Waals surface area contributed by atoms with Crippen LogP contribution in [0, 0.1) is 0 Å². The number of hydrogen-bond acceptors (Lipinski definition) is 3. The Morgan fingerprint density at radius 2 is 1.85 bits per heavy atom. The zero-order valence-electron chi connectivity index (χ0n) is 15.9. The van der Waals surface area contributed by atoms with Gasteiger partial charge in [-0.25, -0.2) is 18.8 Å². The van der Waals surface area contributed by atoms with E-state index in [0.717, 1.165) is 24.8 Å². The summed E-state index contributed by atoms with van der Waals surface area (Å²) < 4.78 is 10.5. The number of unbranched alkanes of at least 4 members (excludes halogenated alkanes) is 1. The molecule has 0 amide bonds. The van der Waals surface area contributed by atoms with Crippen LogP contribution in [-0.2, 0) is 10.5 Å². The van der Waals surface area contributed by atoms with Crippen molar-refractivity contribution in [2.24, 2.45) is 0 Å². The van der Waals surface area contributed by atoms with Crippen LogP contribution in [-0.4, -0.2) is 20.0 Å². The second kappa shape index (κ2) is 6.76. The van der Waals surface area contributed by atoms with E-state index in [2.05, 4.69) is 13.5 Å². The minimum absolute atomic E-state index is 0.189. The molecule has 1 aliphatic heterocycles. The quantitative estimate of drug-likeness (QED) is 0.772. The van der Waals surface area contributed by atoms with E-state index in [9.17, 15) is 9.59 Å². The second-order valence-electron chi connectivity index (χ2n) is 7.43. The molecule has 26 heavy (non-hydrogen) atoms. The van der Waals surface area contributed by atoms with Crippen LogP contribution in [0.5, 0.6) is 0 Å². The lowest BCUT2D eigenvalue weighted by Gasteiger charge is -2.43. The Hall–Kier alpha value is -2.34. The zero-order valence-corrected chi connectivity index (χ0v) is 15.9. The predicted molar refractivity (Wildman–Crippen MR) is 102 cm³/mol. The van der Waals surface area contributed by atoms with Crippen LogP contribution in [0.15, 0.2) is 52.1 Å². The summed E-state index contributed by atoms with van der Waals surface area (Å²) >= 11 is 0. The average molecular weight is 357 g/mol. The van der Waals surface area contributed by atoms with Gasteiger partial charge in [-0.15, -0.1) is 0 Å². The molecule has 0 spiro atoms. The van der Waals surface area contributed by atoms with Crippen LogP contribution in [0.25, 0.3) is 5.69 Å². The fraction of sp³-hybridized carbons (Fsp3) is 0.500. The molecule has 0 saturated heterocycles. The fourth-order valence-electron chi connectivity index (χ4n) is 3.78. The summed E-state index contributed by atoms with van der Waals surface area (Å²) in [6, 6.07) is 8.63. The van der Waals surface area contributed by atoms with Crippen molar-refractivity contribution >= 4 is 0 Å². The Bertz CT molecular complexity index is 918. The number of para-hydroxylation sites is 1. The Labute approximate surface area is 153 Å². The maximum Gasteiger partial charge on any atom is 0.354 e. The van der Waals surface area contributed by atoms with Crippen molar-refractivity contribution < 1.29 is 4.74 Å². The molecule has 1 aromatic heterocycles. The van der Waals surface area contributed by atoms with Crippen molar-refractivity contribution in [1.29, 1.82) is 0 Å². The van der Waals surface area contributed by atoms with Crippen LogP contribution in [0.1, 0.15) is 53.0 Å². The van der Waals surface area contributed by atoms with Gasteiger partial charge in [0.2, 0.25) is 0 Å². The van der Waals surface area contributed by atoms with Crippen LogP contribution < -0.4 is 11.4 Å². The van der Waals surface area contributed by atoms with Gasteiger partial charge in [0.05, 0.1) is 11.8 Å². The molecule has 0 aliphatic carbocycles. The van der Waals surface area contributed by atoms with Crippen molar-refractivity contribution in [3.8, 4) is 5.69 Å². The van der Waals surface area contributed by atoms with Crippen molar-refractivity contribution in [2.45, 2.75) is 64.8 Å². The Kier molecular flexibility index (Phi) is 4.80. The Morgan fingerprint density at radius 3 is 2.42 bits per heavy atom. The molecule has 0 bridgehead atoms. The lowest BCUT2D eigenvalue weighted by atomic mass is 9.98. The maximum absolute atomic E-state index is 13.3. The molecule has 0 N–H and O–H groups in total. The van der Waals surface area contributed by atoms with Crippen LogP contribution in [0.4, 0.5) is 0 Å². The third kappa shape index (κ3) is 2.88. The van der Waals surface area contributed by atoms with Crippen molar-refractivity contribution in [1.82, 2.24) is 13.9 Å². The molecular formula is C20H27N3O3. The lowest BCUT2D eigenvalue weighted by molar-refractivity contribution is -0.186. The Balaban J connectivity index is 2.27. The molecule has 6 heteroatoms. The third-order valence-corrected chi connectivity index (χ3v) is 4.90. The highest BCUT2D eigenvalue weighted by Gasteiger charge is 2.43. The number of hydrogen-bond donors (Lipinski definition) is 0. The van der Waals surface area contributed by atoms with Gasteiger partial charge in [-0.1, -0.05) is 50.1 Å². The highest BCUT2D eigenvalue weighted by molar-refractivity contribution is 5.30. The van der Waals surface area contributed by atoms with Crippen LogP contribution in [0.3, 0.4) is 0 Å². The molecule has 1 aromatic carbocycles. The molecule has 0 fully saturated rings. The topological polar surface area (TPSA) is 58.2 Å². The first kappa shape index (κ1) is 18.5. The Morgan fingerprint density at radius 1 is 1.19 bits per heavy atom. The van der Waals surface area contributed by atoms with Gasteiger partial charge in [-0.05, 0) is 39.3 Å². The first-order chi connectivity index (χ1) is 12.3. The zero-order chi connectivity index (χ0) is 19.1. The largest absolute Gasteiger partial charge is 0.354 e. The summed E-state index contributed by atoms with van der Waals surface area (Å²) in [5.74, 6) is 0. The minimum atomic E-state index is -0.916. The molecule has 1 aliphatic rings. The first-order valence-corrected chi connectivity index (χ1v) is 9.15. The standard InChI is InChI=1S/C20H27N3O3/c1-6-7-13-16-17(14(2)3)22-18(24)21(15-11-9-8-10-12-15)19(25)23(22)20(4,5)26-16/h8-12,16-17H,2,6-7,13H2,1,3-5H3/t16-,17-/m0/s1. The number of fused-ring (bicyclic) bond motifs is 1.